The van der Waals surface area contributed by atoms with E-state index in [2.05, 4.69) is 41.7 Å². The number of rotatable bonds is 4. The van der Waals surface area contributed by atoms with Gasteiger partial charge in [0.25, 0.3) is 5.91 Å². The van der Waals surface area contributed by atoms with Gasteiger partial charge in [-0.1, -0.05) is 35.9 Å². The monoisotopic (exact) mass is 380 g/mol. The highest BCUT2D eigenvalue weighted by Gasteiger charge is 2.38. The standard InChI is InChI=1S/C23H25ClN2O/c1-3-26(4-2)23(27)16-10-13-21-20(14-16)18-6-5-7-19(18)22(25-21)15-8-11-17(24)12-9-15/h5-6,8-14,18-19,22,25H,3-4,7H2,1-2H3/t18-,19-,22-/m1/s1. The van der Waals surface area contributed by atoms with Gasteiger partial charge in [0.1, 0.15) is 0 Å². The number of hydrogen-bond donors (Lipinski definition) is 1. The second-order valence-corrected chi connectivity index (χ2v) is 7.74. The molecule has 140 valence electrons. The lowest BCUT2D eigenvalue weighted by atomic mass is 9.76. The molecule has 0 bridgehead atoms. The van der Waals surface area contributed by atoms with Crippen LogP contribution in [0.3, 0.4) is 0 Å². The lowest BCUT2D eigenvalue weighted by molar-refractivity contribution is 0.0773. The summed E-state index contributed by atoms with van der Waals surface area (Å²) in [6.45, 7) is 5.51. The molecule has 1 amide bonds. The molecule has 0 saturated carbocycles. The molecule has 1 aliphatic carbocycles. The molecule has 2 aliphatic rings. The molecule has 1 heterocycles. The first-order chi connectivity index (χ1) is 13.1. The molecule has 0 aromatic heterocycles. The average Bonchev–Trinajstić information content (AvgIpc) is 3.19. The Morgan fingerprint density at radius 1 is 1.15 bits per heavy atom. The predicted octanol–water partition coefficient (Wildman–Crippen LogP) is 5.65. The van der Waals surface area contributed by atoms with Gasteiger partial charge in [-0.2, -0.15) is 0 Å². The van der Waals surface area contributed by atoms with E-state index in [0.717, 1.165) is 35.8 Å². The second-order valence-electron chi connectivity index (χ2n) is 7.31. The summed E-state index contributed by atoms with van der Waals surface area (Å²) < 4.78 is 0. The Hall–Kier alpha value is -2.26. The number of halogens is 1. The Bertz CT molecular complexity index is 870. The zero-order valence-corrected chi connectivity index (χ0v) is 16.5. The van der Waals surface area contributed by atoms with Crippen molar-refractivity contribution in [2.75, 3.05) is 18.4 Å². The first kappa shape index (κ1) is 18.1. The first-order valence-corrected chi connectivity index (χ1v) is 10.1. The van der Waals surface area contributed by atoms with Crippen LogP contribution in [0.2, 0.25) is 5.02 Å². The highest BCUT2D eigenvalue weighted by Crippen LogP contribution is 2.50. The Morgan fingerprint density at radius 2 is 1.89 bits per heavy atom. The molecular weight excluding hydrogens is 356 g/mol. The molecule has 3 atom stereocenters. The number of carbonyl (C=O) groups excluding carboxylic acids is 1. The predicted molar refractivity (Wildman–Crippen MR) is 111 cm³/mol. The smallest absolute Gasteiger partial charge is 0.253 e. The minimum Gasteiger partial charge on any atom is -0.378 e. The number of nitrogens with zero attached hydrogens (tertiary/aromatic N) is 1. The van der Waals surface area contributed by atoms with Crippen molar-refractivity contribution < 1.29 is 4.79 Å². The van der Waals surface area contributed by atoms with Crippen LogP contribution >= 0.6 is 11.6 Å². The topological polar surface area (TPSA) is 32.3 Å². The summed E-state index contributed by atoms with van der Waals surface area (Å²) in [6, 6.07) is 14.5. The van der Waals surface area contributed by atoms with Crippen LogP contribution in [-0.2, 0) is 0 Å². The number of allylic oxidation sites excluding steroid dienone is 2. The van der Waals surface area contributed by atoms with Crippen LogP contribution in [-0.4, -0.2) is 23.9 Å². The van der Waals surface area contributed by atoms with Gasteiger partial charge in [0.05, 0.1) is 6.04 Å². The van der Waals surface area contributed by atoms with Crippen LogP contribution in [0.4, 0.5) is 5.69 Å². The maximum absolute atomic E-state index is 12.8. The summed E-state index contributed by atoms with van der Waals surface area (Å²) in [5.41, 5.74) is 4.39. The van der Waals surface area contributed by atoms with Gasteiger partial charge in [-0.05, 0) is 67.6 Å². The molecule has 4 heteroatoms. The van der Waals surface area contributed by atoms with Gasteiger partial charge in [-0.3, -0.25) is 4.79 Å². The van der Waals surface area contributed by atoms with Crippen LogP contribution in [0.1, 0.15) is 53.7 Å². The first-order valence-electron chi connectivity index (χ1n) is 9.74. The van der Waals surface area contributed by atoms with Crippen molar-refractivity contribution in [3.8, 4) is 0 Å². The number of nitrogens with one attached hydrogen (secondary N) is 1. The van der Waals surface area contributed by atoms with Crippen molar-refractivity contribution in [3.63, 3.8) is 0 Å². The van der Waals surface area contributed by atoms with Crippen LogP contribution < -0.4 is 5.32 Å². The largest absolute Gasteiger partial charge is 0.378 e. The molecule has 0 unspecified atom stereocenters. The van der Waals surface area contributed by atoms with Crippen molar-refractivity contribution in [1.82, 2.24) is 4.90 Å². The van der Waals surface area contributed by atoms with Gasteiger partial charge in [0, 0.05) is 35.3 Å². The summed E-state index contributed by atoms with van der Waals surface area (Å²) in [6.07, 6.45) is 5.62. The number of amides is 1. The molecule has 3 nitrogen and oxygen atoms in total. The van der Waals surface area contributed by atoms with E-state index in [9.17, 15) is 4.79 Å². The minimum atomic E-state index is 0.112. The minimum absolute atomic E-state index is 0.112. The summed E-state index contributed by atoms with van der Waals surface area (Å²) in [5.74, 6) is 0.907. The van der Waals surface area contributed by atoms with E-state index in [-0.39, 0.29) is 11.9 Å². The van der Waals surface area contributed by atoms with Crippen molar-refractivity contribution in [1.29, 1.82) is 0 Å². The molecule has 4 rings (SSSR count). The quantitative estimate of drug-likeness (QED) is 0.695. The van der Waals surface area contributed by atoms with Gasteiger partial charge in [-0.25, -0.2) is 0 Å². The normalized spacial score (nSPS) is 22.7. The molecule has 0 saturated heterocycles. The molecule has 1 aliphatic heterocycles. The molecular formula is C23H25ClN2O. The highest BCUT2D eigenvalue weighted by atomic mass is 35.5. The van der Waals surface area contributed by atoms with E-state index in [4.69, 9.17) is 11.6 Å². The molecule has 1 N–H and O–H groups in total. The van der Waals surface area contributed by atoms with Crippen molar-refractivity contribution in [3.05, 3.63) is 76.3 Å². The van der Waals surface area contributed by atoms with E-state index in [1.54, 1.807) is 0 Å². The molecule has 2 aromatic carbocycles. The maximum Gasteiger partial charge on any atom is 0.253 e. The Morgan fingerprint density at radius 3 is 2.59 bits per heavy atom. The van der Waals surface area contributed by atoms with Gasteiger partial charge in [0.15, 0.2) is 0 Å². The fourth-order valence-corrected chi connectivity index (χ4v) is 4.55. The van der Waals surface area contributed by atoms with Crippen LogP contribution in [0, 0.1) is 5.92 Å². The van der Waals surface area contributed by atoms with Crippen LogP contribution in [0.25, 0.3) is 0 Å². The van der Waals surface area contributed by atoms with Gasteiger partial charge < -0.3 is 10.2 Å². The van der Waals surface area contributed by atoms with Crippen LogP contribution in [0.15, 0.2) is 54.6 Å². The zero-order valence-electron chi connectivity index (χ0n) is 15.8. The Balaban J connectivity index is 1.69. The Kier molecular flexibility index (Phi) is 4.96. The SMILES string of the molecule is CCN(CC)C(=O)c1ccc2c(c1)[C@@H]1C=CC[C@H]1[C@@H](c1ccc(Cl)cc1)N2. The Labute approximate surface area is 166 Å². The summed E-state index contributed by atoms with van der Waals surface area (Å²) in [4.78, 5) is 14.6. The third kappa shape index (κ3) is 3.25. The van der Waals surface area contributed by atoms with E-state index >= 15 is 0 Å². The summed E-state index contributed by atoms with van der Waals surface area (Å²) in [7, 11) is 0. The molecule has 0 spiro atoms. The fraction of sp³-hybridized carbons (Fsp3) is 0.348. The molecule has 0 fully saturated rings. The zero-order chi connectivity index (χ0) is 19.0. The molecule has 0 radical (unpaired) electrons. The number of anilines is 1. The van der Waals surface area contributed by atoms with Gasteiger partial charge >= 0.3 is 0 Å². The van der Waals surface area contributed by atoms with Gasteiger partial charge in [-0.15, -0.1) is 0 Å². The van der Waals surface area contributed by atoms with Crippen molar-refractivity contribution in [2.45, 2.75) is 32.2 Å². The van der Waals surface area contributed by atoms with Crippen molar-refractivity contribution in [2.24, 2.45) is 5.92 Å². The number of carbonyl (C=O) groups is 1. The molecule has 27 heavy (non-hydrogen) atoms. The number of fused-ring (bicyclic) bond motifs is 3. The van der Waals surface area contributed by atoms with Crippen LogP contribution in [0.5, 0.6) is 0 Å². The van der Waals surface area contributed by atoms with Crippen molar-refractivity contribution >= 4 is 23.2 Å². The lowest BCUT2D eigenvalue weighted by Crippen LogP contribution is -2.32. The number of benzene rings is 2. The highest BCUT2D eigenvalue weighted by molar-refractivity contribution is 6.30. The summed E-state index contributed by atoms with van der Waals surface area (Å²) in [5, 5.41) is 4.48. The second kappa shape index (κ2) is 7.40. The third-order valence-corrected chi connectivity index (χ3v) is 6.14. The maximum atomic E-state index is 12.8. The average molecular weight is 381 g/mol. The van der Waals surface area contributed by atoms with E-state index in [1.807, 2.05) is 36.9 Å². The van der Waals surface area contributed by atoms with Gasteiger partial charge in [0.2, 0.25) is 0 Å². The number of hydrogen-bond acceptors (Lipinski definition) is 2. The fourth-order valence-electron chi connectivity index (χ4n) is 4.42. The lowest BCUT2D eigenvalue weighted by Gasteiger charge is -2.38. The third-order valence-electron chi connectivity index (χ3n) is 5.89. The van der Waals surface area contributed by atoms with E-state index in [1.165, 1.54) is 11.1 Å². The summed E-state index contributed by atoms with van der Waals surface area (Å²) >= 11 is 6.07. The molecule has 2 aromatic rings. The van der Waals surface area contributed by atoms with E-state index in [0.29, 0.717) is 11.8 Å². The van der Waals surface area contributed by atoms with E-state index < -0.39 is 0 Å².